The molecule has 2 aliphatic rings. The molecule has 1 N–H and O–H groups in total. The molecule has 0 bridgehead atoms. The van der Waals surface area contributed by atoms with Crippen LogP contribution in [-0.4, -0.2) is 26.4 Å². The molecule has 0 aromatic heterocycles. The lowest BCUT2D eigenvalue weighted by Gasteiger charge is -2.40. The van der Waals surface area contributed by atoms with Crippen molar-refractivity contribution in [3.8, 4) is 0 Å². The second-order valence-electron chi connectivity index (χ2n) is 8.53. The van der Waals surface area contributed by atoms with Gasteiger partial charge in [-0.15, -0.1) is 0 Å². The quantitative estimate of drug-likeness (QED) is 0.789. The lowest BCUT2D eigenvalue weighted by molar-refractivity contribution is -0.119. The van der Waals surface area contributed by atoms with Crippen molar-refractivity contribution in [1.29, 1.82) is 0 Å². The number of rotatable bonds is 4. The van der Waals surface area contributed by atoms with Crippen molar-refractivity contribution < 1.29 is 9.22 Å². The van der Waals surface area contributed by atoms with Gasteiger partial charge in [-0.1, -0.05) is 52.9 Å². The molecule has 1 heterocycles. The first-order chi connectivity index (χ1) is 9.69. The van der Waals surface area contributed by atoms with Gasteiger partial charge in [0.1, 0.15) is 0 Å². The van der Waals surface area contributed by atoms with Gasteiger partial charge >= 0.3 is 0 Å². The standard InChI is InChI=1S/C17H33NO2Si/c1-17(2,3)21(4,5)20-15-12-16(19)18-14(15)11-13-9-7-6-8-10-13/h13-15H,6-12H2,1-5H3,(H,18,19)/t14-,15+/m1/s1. The van der Waals surface area contributed by atoms with Crippen LogP contribution in [0.4, 0.5) is 0 Å². The topological polar surface area (TPSA) is 38.3 Å². The Hall–Kier alpha value is -0.353. The van der Waals surface area contributed by atoms with Crippen LogP contribution in [0, 0.1) is 5.92 Å². The molecular weight excluding hydrogens is 278 g/mol. The minimum atomic E-state index is -1.80. The van der Waals surface area contributed by atoms with Crippen LogP contribution in [0.5, 0.6) is 0 Å². The van der Waals surface area contributed by atoms with Crippen LogP contribution >= 0.6 is 0 Å². The Morgan fingerprint density at radius 3 is 2.38 bits per heavy atom. The maximum atomic E-state index is 11.9. The van der Waals surface area contributed by atoms with Gasteiger partial charge in [0.2, 0.25) is 5.91 Å². The summed E-state index contributed by atoms with van der Waals surface area (Å²) in [7, 11) is -1.80. The molecule has 0 unspecified atom stereocenters. The van der Waals surface area contributed by atoms with Crippen molar-refractivity contribution >= 4 is 14.2 Å². The molecule has 3 nitrogen and oxygen atoms in total. The predicted octanol–water partition coefficient (Wildman–Crippen LogP) is 4.24. The molecule has 2 rings (SSSR count). The van der Waals surface area contributed by atoms with Gasteiger partial charge in [0.05, 0.1) is 18.6 Å². The van der Waals surface area contributed by atoms with E-state index in [-0.39, 0.29) is 23.1 Å². The van der Waals surface area contributed by atoms with Gasteiger partial charge in [0.15, 0.2) is 8.32 Å². The highest BCUT2D eigenvalue weighted by atomic mass is 28.4. The Labute approximate surface area is 131 Å². The van der Waals surface area contributed by atoms with E-state index in [2.05, 4.69) is 39.2 Å². The summed E-state index contributed by atoms with van der Waals surface area (Å²) in [5.74, 6) is 0.965. The third kappa shape index (κ3) is 4.32. The summed E-state index contributed by atoms with van der Waals surface area (Å²) in [5.41, 5.74) is 0. The van der Waals surface area contributed by atoms with Crippen LogP contribution in [0.15, 0.2) is 0 Å². The normalized spacial score (nSPS) is 28.7. The highest BCUT2D eigenvalue weighted by Crippen LogP contribution is 2.39. The monoisotopic (exact) mass is 311 g/mol. The molecule has 0 radical (unpaired) electrons. The van der Waals surface area contributed by atoms with Crippen LogP contribution in [0.1, 0.15) is 65.7 Å². The van der Waals surface area contributed by atoms with Gasteiger partial charge in [-0.25, -0.2) is 0 Å². The molecule has 1 aliphatic heterocycles. The first kappa shape index (κ1) is 17.0. The van der Waals surface area contributed by atoms with Crippen molar-refractivity contribution in [2.75, 3.05) is 0 Å². The smallest absolute Gasteiger partial charge is 0.222 e. The van der Waals surface area contributed by atoms with Crippen LogP contribution in [0.2, 0.25) is 18.1 Å². The fraction of sp³-hybridized carbons (Fsp3) is 0.941. The summed E-state index contributed by atoms with van der Waals surface area (Å²) >= 11 is 0. The van der Waals surface area contributed by atoms with Crippen molar-refractivity contribution in [2.24, 2.45) is 5.92 Å². The van der Waals surface area contributed by atoms with Crippen molar-refractivity contribution in [3.05, 3.63) is 0 Å². The minimum Gasteiger partial charge on any atom is -0.411 e. The molecule has 1 aliphatic carbocycles. The highest BCUT2D eigenvalue weighted by molar-refractivity contribution is 6.74. The molecule has 1 amide bonds. The predicted molar refractivity (Wildman–Crippen MR) is 89.8 cm³/mol. The van der Waals surface area contributed by atoms with Crippen LogP contribution in [0.3, 0.4) is 0 Å². The maximum absolute atomic E-state index is 11.9. The largest absolute Gasteiger partial charge is 0.411 e. The second-order valence-corrected chi connectivity index (χ2v) is 13.3. The second kappa shape index (κ2) is 6.41. The average Bonchev–Trinajstić information content (AvgIpc) is 2.68. The van der Waals surface area contributed by atoms with Gasteiger partial charge in [0.25, 0.3) is 0 Å². The van der Waals surface area contributed by atoms with E-state index in [9.17, 15) is 4.79 Å². The Morgan fingerprint density at radius 1 is 1.19 bits per heavy atom. The van der Waals surface area contributed by atoms with Gasteiger partial charge in [0, 0.05) is 0 Å². The Kier molecular flexibility index (Phi) is 5.19. The van der Waals surface area contributed by atoms with E-state index in [1.54, 1.807) is 0 Å². The van der Waals surface area contributed by atoms with Crippen LogP contribution in [-0.2, 0) is 9.22 Å². The van der Waals surface area contributed by atoms with E-state index in [0.717, 1.165) is 12.3 Å². The van der Waals surface area contributed by atoms with Crippen molar-refractivity contribution in [1.82, 2.24) is 5.32 Å². The molecule has 1 saturated carbocycles. The first-order valence-corrected chi connectivity index (χ1v) is 11.6. The zero-order valence-electron chi connectivity index (χ0n) is 14.5. The molecule has 0 aromatic carbocycles. The van der Waals surface area contributed by atoms with Crippen LogP contribution < -0.4 is 5.32 Å². The SMILES string of the molecule is CC(C)(C)[Si](C)(C)O[C@H]1CC(=O)N[C@@H]1CC1CCCCC1. The number of nitrogens with one attached hydrogen (secondary N) is 1. The summed E-state index contributed by atoms with van der Waals surface area (Å²) < 4.78 is 6.54. The molecule has 2 atom stereocenters. The molecule has 1 saturated heterocycles. The summed E-state index contributed by atoms with van der Waals surface area (Å²) in [6.07, 6.45) is 8.54. The number of hydrogen-bond donors (Lipinski definition) is 1. The molecule has 21 heavy (non-hydrogen) atoms. The summed E-state index contributed by atoms with van der Waals surface area (Å²) in [6.45, 7) is 11.4. The Bertz CT molecular complexity index is 369. The van der Waals surface area contributed by atoms with E-state index < -0.39 is 8.32 Å². The zero-order chi connectivity index (χ0) is 15.7. The molecule has 4 heteroatoms. The van der Waals surface area contributed by atoms with E-state index in [4.69, 9.17) is 4.43 Å². The molecule has 122 valence electrons. The van der Waals surface area contributed by atoms with E-state index in [0.29, 0.717) is 6.42 Å². The third-order valence-electron chi connectivity index (χ3n) is 5.75. The lowest BCUT2D eigenvalue weighted by Crippen LogP contribution is -2.47. The zero-order valence-corrected chi connectivity index (χ0v) is 15.5. The number of carbonyl (C=O) groups excluding carboxylic acids is 1. The fourth-order valence-corrected chi connectivity index (χ4v) is 4.71. The van der Waals surface area contributed by atoms with E-state index >= 15 is 0 Å². The average molecular weight is 312 g/mol. The van der Waals surface area contributed by atoms with Gasteiger partial charge in [-0.2, -0.15) is 0 Å². The first-order valence-electron chi connectivity index (χ1n) is 8.66. The number of amides is 1. The highest BCUT2D eigenvalue weighted by Gasteiger charge is 2.44. The molecule has 0 spiro atoms. The lowest BCUT2D eigenvalue weighted by atomic mass is 9.84. The Balaban J connectivity index is 1.98. The minimum absolute atomic E-state index is 0.0975. The van der Waals surface area contributed by atoms with Gasteiger partial charge < -0.3 is 9.74 Å². The van der Waals surface area contributed by atoms with Crippen LogP contribution in [0.25, 0.3) is 0 Å². The van der Waals surface area contributed by atoms with Gasteiger partial charge in [-0.3, -0.25) is 4.79 Å². The van der Waals surface area contributed by atoms with Crippen molar-refractivity contribution in [3.63, 3.8) is 0 Å². The van der Waals surface area contributed by atoms with Gasteiger partial charge in [-0.05, 0) is 30.5 Å². The third-order valence-corrected chi connectivity index (χ3v) is 10.3. The number of hydrogen-bond acceptors (Lipinski definition) is 2. The number of carbonyl (C=O) groups is 1. The van der Waals surface area contributed by atoms with E-state index in [1.165, 1.54) is 32.1 Å². The van der Waals surface area contributed by atoms with Crippen molar-refractivity contribution in [2.45, 2.75) is 96.0 Å². The van der Waals surface area contributed by atoms with E-state index in [1.807, 2.05) is 0 Å². The fourth-order valence-electron chi connectivity index (χ4n) is 3.36. The molecule has 2 fully saturated rings. The maximum Gasteiger partial charge on any atom is 0.222 e. The Morgan fingerprint density at radius 2 is 1.81 bits per heavy atom. The molecule has 0 aromatic rings. The summed E-state index contributed by atoms with van der Waals surface area (Å²) in [5, 5.41) is 3.39. The summed E-state index contributed by atoms with van der Waals surface area (Å²) in [4.78, 5) is 11.9. The summed E-state index contributed by atoms with van der Waals surface area (Å²) in [6, 6.07) is 0.245. The molecular formula is C17H33NO2Si.